The van der Waals surface area contributed by atoms with Crippen molar-refractivity contribution in [2.24, 2.45) is 5.92 Å². The van der Waals surface area contributed by atoms with Crippen LogP contribution in [0.5, 0.6) is 0 Å². The summed E-state index contributed by atoms with van der Waals surface area (Å²) < 4.78 is 11.9. The molecule has 0 spiro atoms. The molecule has 0 amide bonds. The molecule has 0 aromatic carbocycles. The van der Waals surface area contributed by atoms with Gasteiger partial charge in [-0.3, -0.25) is 4.90 Å². The molecule has 118 valence electrons. The predicted molar refractivity (Wildman–Crippen MR) is 82.1 cm³/mol. The number of nitrogens with one attached hydrogen (secondary N) is 1. The molecule has 0 bridgehead atoms. The summed E-state index contributed by atoms with van der Waals surface area (Å²) in [6.07, 6.45) is 4.76. The molecule has 4 nitrogen and oxygen atoms in total. The Morgan fingerprint density at radius 1 is 1.25 bits per heavy atom. The molecule has 1 N–H and O–H groups in total. The van der Waals surface area contributed by atoms with Crippen molar-refractivity contribution in [1.82, 2.24) is 10.2 Å². The summed E-state index contributed by atoms with van der Waals surface area (Å²) in [6, 6.07) is 0. The highest BCUT2D eigenvalue weighted by Crippen LogP contribution is 2.21. The van der Waals surface area contributed by atoms with Crippen LogP contribution in [0.15, 0.2) is 0 Å². The molecule has 0 aromatic heterocycles. The van der Waals surface area contributed by atoms with Gasteiger partial charge in [0.15, 0.2) is 0 Å². The summed E-state index contributed by atoms with van der Waals surface area (Å²) in [5, 5.41) is 3.51. The van der Waals surface area contributed by atoms with Crippen LogP contribution in [0.3, 0.4) is 0 Å². The van der Waals surface area contributed by atoms with E-state index in [1.807, 2.05) is 0 Å². The van der Waals surface area contributed by atoms with E-state index in [1.54, 1.807) is 0 Å². The fraction of sp³-hybridized carbons (Fsp3) is 1.00. The first-order chi connectivity index (χ1) is 9.63. The SMILES string of the molecule is CC(C)CNCC1CCC(CN2CCCOC(C)C2)O1. The van der Waals surface area contributed by atoms with Crippen LogP contribution in [0.25, 0.3) is 0 Å². The van der Waals surface area contributed by atoms with Crippen LogP contribution in [0.1, 0.15) is 40.0 Å². The Hall–Kier alpha value is -0.160. The van der Waals surface area contributed by atoms with Crippen LogP contribution in [0.2, 0.25) is 0 Å². The molecule has 0 aromatic rings. The lowest BCUT2D eigenvalue weighted by molar-refractivity contribution is 0.0159. The van der Waals surface area contributed by atoms with Gasteiger partial charge in [0.1, 0.15) is 0 Å². The van der Waals surface area contributed by atoms with Crippen molar-refractivity contribution >= 4 is 0 Å². The maximum atomic E-state index is 6.18. The monoisotopic (exact) mass is 284 g/mol. The van der Waals surface area contributed by atoms with Crippen LogP contribution < -0.4 is 5.32 Å². The molecule has 2 aliphatic heterocycles. The van der Waals surface area contributed by atoms with Crippen molar-refractivity contribution in [3.63, 3.8) is 0 Å². The second kappa shape index (κ2) is 8.32. The smallest absolute Gasteiger partial charge is 0.0707 e. The lowest BCUT2D eigenvalue weighted by Gasteiger charge is -2.25. The van der Waals surface area contributed by atoms with Gasteiger partial charge in [-0.05, 0) is 38.6 Å². The third-order valence-electron chi connectivity index (χ3n) is 4.12. The summed E-state index contributed by atoms with van der Waals surface area (Å²) in [5.41, 5.74) is 0. The highest BCUT2D eigenvalue weighted by atomic mass is 16.5. The molecule has 20 heavy (non-hydrogen) atoms. The second-order valence-corrected chi connectivity index (χ2v) is 6.80. The van der Waals surface area contributed by atoms with E-state index in [0.29, 0.717) is 24.2 Å². The van der Waals surface area contributed by atoms with Gasteiger partial charge in [-0.1, -0.05) is 13.8 Å². The topological polar surface area (TPSA) is 33.7 Å². The Morgan fingerprint density at radius 3 is 2.85 bits per heavy atom. The maximum absolute atomic E-state index is 6.18. The molecule has 2 heterocycles. The van der Waals surface area contributed by atoms with Crippen LogP contribution >= 0.6 is 0 Å². The van der Waals surface area contributed by atoms with E-state index in [2.05, 4.69) is 31.0 Å². The van der Waals surface area contributed by atoms with E-state index < -0.39 is 0 Å². The quantitative estimate of drug-likeness (QED) is 0.807. The van der Waals surface area contributed by atoms with E-state index in [-0.39, 0.29) is 0 Å². The third kappa shape index (κ3) is 5.68. The van der Waals surface area contributed by atoms with Gasteiger partial charge in [0, 0.05) is 32.8 Å². The minimum absolute atomic E-state index is 0.363. The summed E-state index contributed by atoms with van der Waals surface area (Å²) in [6.45, 7) is 12.9. The van der Waals surface area contributed by atoms with Crippen molar-refractivity contribution < 1.29 is 9.47 Å². The van der Waals surface area contributed by atoms with Crippen LogP contribution in [-0.4, -0.2) is 62.5 Å². The Kier molecular flexibility index (Phi) is 6.75. The fourth-order valence-corrected chi connectivity index (χ4v) is 3.13. The van der Waals surface area contributed by atoms with Crippen LogP contribution in [-0.2, 0) is 9.47 Å². The molecular weight excluding hydrogens is 252 g/mol. The van der Waals surface area contributed by atoms with Gasteiger partial charge in [0.2, 0.25) is 0 Å². The maximum Gasteiger partial charge on any atom is 0.0707 e. The summed E-state index contributed by atoms with van der Waals surface area (Å²) in [5.74, 6) is 0.714. The fourth-order valence-electron chi connectivity index (χ4n) is 3.13. The Balaban J connectivity index is 1.64. The van der Waals surface area contributed by atoms with Gasteiger partial charge < -0.3 is 14.8 Å². The van der Waals surface area contributed by atoms with Gasteiger partial charge in [0.05, 0.1) is 18.3 Å². The molecule has 4 heteroatoms. The highest BCUT2D eigenvalue weighted by Gasteiger charge is 2.27. The first-order valence-corrected chi connectivity index (χ1v) is 8.33. The number of ether oxygens (including phenoxy) is 2. The number of nitrogens with zero attached hydrogens (tertiary/aromatic N) is 1. The lowest BCUT2D eigenvalue weighted by Crippen LogP contribution is -2.37. The Bertz CT molecular complexity index is 273. The minimum Gasteiger partial charge on any atom is -0.377 e. The molecule has 0 aliphatic carbocycles. The van der Waals surface area contributed by atoms with E-state index in [1.165, 1.54) is 12.8 Å². The van der Waals surface area contributed by atoms with Gasteiger partial charge in [0.25, 0.3) is 0 Å². The van der Waals surface area contributed by atoms with Crippen LogP contribution in [0.4, 0.5) is 0 Å². The Labute approximate surface area is 124 Å². The van der Waals surface area contributed by atoms with Gasteiger partial charge >= 0.3 is 0 Å². The van der Waals surface area contributed by atoms with E-state index in [4.69, 9.17) is 9.47 Å². The average Bonchev–Trinajstić information content (AvgIpc) is 2.71. The zero-order valence-corrected chi connectivity index (χ0v) is 13.4. The minimum atomic E-state index is 0.363. The average molecular weight is 284 g/mol. The normalized spacial score (nSPS) is 32.7. The zero-order chi connectivity index (χ0) is 14.4. The predicted octanol–water partition coefficient (Wildman–Crippen LogP) is 1.89. The van der Waals surface area contributed by atoms with Gasteiger partial charge in [-0.15, -0.1) is 0 Å². The molecule has 2 saturated heterocycles. The molecule has 2 fully saturated rings. The molecule has 3 atom stereocenters. The van der Waals surface area contributed by atoms with Gasteiger partial charge in [-0.2, -0.15) is 0 Å². The van der Waals surface area contributed by atoms with Crippen molar-refractivity contribution in [2.75, 3.05) is 39.3 Å². The van der Waals surface area contributed by atoms with E-state index >= 15 is 0 Å². The summed E-state index contributed by atoms with van der Waals surface area (Å²) in [4.78, 5) is 2.52. The third-order valence-corrected chi connectivity index (χ3v) is 4.12. The molecule has 3 unspecified atom stereocenters. The second-order valence-electron chi connectivity index (χ2n) is 6.80. The van der Waals surface area contributed by atoms with E-state index in [0.717, 1.165) is 45.8 Å². The molecule has 2 aliphatic rings. The van der Waals surface area contributed by atoms with Crippen molar-refractivity contribution in [2.45, 2.75) is 58.3 Å². The molecule has 0 saturated carbocycles. The zero-order valence-electron chi connectivity index (χ0n) is 13.4. The first kappa shape index (κ1) is 16.2. The summed E-state index contributed by atoms with van der Waals surface area (Å²) in [7, 11) is 0. The summed E-state index contributed by atoms with van der Waals surface area (Å²) >= 11 is 0. The van der Waals surface area contributed by atoms with Crippen molar-refractivity contribution in [1.29, 1.82) is 0 Å². The molecule has 2 rings (SSSR count). The number of hydrogen-bond donors (Lipinski definition) is 1. The largest absolute Gasteiger partial charge is 0.377 e. The molecule has 0 radical (unpaired) electrons. The lowest BCUT2D eigenvalue weighted by atomic mass is 10.1. The van der Waals surface area contributed by atoms with Crippen LogP contribution in [0, 0.1) is 5.92 Å². The van der Waals surface area contributed by atoms with Crippen molar-refractivity contribution in [3.8, 4) is 0 Å². The Morgan fingerprint density at radius 2 is 2.05 bits per heavy atom. The van der Waals surface area contributed by atoms with Gasteiger partial charge in [-0.25, -0.2) is 0 Å². The van der Waals surface area contributed by atoms with E-state index in [9.17, 15) is 0 Å². The number of hydrogen-bond acceptors (Lipinski definition) is 4. The van der Waals surface area contributed by atoms with Crippen molar-refractivity contribution in [3.05, 3.63) is 0 Å². The highest BCUT2D eigenvalue weighted by molar-refractivity contribution is 4.79. The number of rotatable bonds is 6. The standard InChI is InChI=1S/C16H32N2O2/c1-13(2)9-17-10-15-5-6-16(20-15)12-18-7-4-8-19-14(3)11-18/h13-17H,4-12H2,1-3H3. The molecular formula is C16H32N2O2. The first-order valence-electron chi connectivity index (χ1n) is 8.33.